The summed E-state index contributed by atoms with van der Waals surface area (Å²) in [5.74, 6) is -0.183. The molecular weight excluding hydrogens is 346 g/mol. The lowest BCUT2D eigenvalue weighted by molar-refractivity contribution is -0.147. The van der Waals surface area contributed by atoms with Crippen molar-refractivity contribution in [1.82, 2.24) is 0 Å². The minimum absolute atomic E-state index is 0.194. The summed E-state index contributed by atoms with van der Waals surface area (Å²) in [6, 6.07) is 12.4. The van der Waals surface area contributed by atoms with Gasteiger partial charge < -0.3 is 19.5 Å². The van der Waals surface area contributed by atoms with Gasteiger partial charge in [0.05, 0.1) is 6.61 Å². The van der Waals surface area contributed by atoms with Crippen molar-refractivity contribution in [1.29, 1.82) is 0 Å². The van der Waals surface area contributed by atoms with Crippen molar-refractivity contribution in [2.75, 3.05) is 31.7 Å². The molecule has 6 heteroatoms. The monoisotopic (exact) mass is 371 g/mol. The highest BCUT2D eigenvalue weighted by Gasteiger charge is 2.09. The van der Waals surface area contributed by atoms with Gasteiger partial charge in [-0.3, -0.25) is 4.79 Å². The zero-order chi connectivity index (χ0) is 19.6. The van der Waals surface area contributed by atoms with Crippen LogP contribution in [0.4, 0.5) is 5.69 Å². The number of hydrogen-bond acceptors (Lipinski definition) is 5. The average molecular weight is 371 g/mol. The Labute approximate surface area is 159 Å². The van der Waals surface area contributed by atoms with E-state index in [1.807, 2.05) is 39.0 Å². The number of ether oxygens (including phenoxy) is 3. The van der Waals surface area contributed by atoms with E-state index in [0.717, 1.165) is 16.8 Å². The van der Waals surface area contributed by atoms with Crippen LogP contribution in [0.15, 0.2) is 42.5 Å². The lowest BCUT2D eigenvalue weighted by atomic mass is 10.1. The third kappa shape index (κ3) is 6.42. The van der Waals surface area contributed by atoms with E-state index < -0.39 is 5.97 Å². The largest absolute Gasteiger partial charge is 0.482 e. The maximum absolute atomic E-state index is 12.4. The molecule has 144 valence electrons. The smallest absolute Gasteiger partial charge is 0.344 e. The number of carbonyl (C=O) groups excluding carboxylic acids is 2. The van der Waals surface area contributed by atoms with Crippen LogP contribution in [-0.2, 0) is 14.3 Å². The Balaban J connectivity index is 1.84. The van der Waals surface area contributed by atoms with Gasteiger partial charge in [0.1, 0.15) is 12.4 Å². The predicted molar refractivity (Wildman–Crippen MR) is 103 cm³/mol. The number of rotatable bonds is 9. The first-order valence-electron chi connectivity index (χ1n) is 8.85. The first kappa shape index (κ1) is 20.5. The van der Waals surface area contributed by atoms with Gasteiger partial charge >= 0.3 is 5.97 Å². The summed E-state index contributed by atoms with van der Waals surface area (Å²) in [5, 5.41) is 2.90. The molecule has 0 aromatic heterocycles. The lowest BCUT2D eigenvalue weighted by Gasteiger charge is -2.11. The molecule has 0 saturated carbocycles. The number of amides is 1. The number of benzene rings is 2. The highest BCUT2D eigenvalue weighted by molar-refractivity contribution is 6.04. The summed E-state index contributed by atoms with van der Waals surface area (Å²) in [7, 11) is 0. The van der Waals surface area contributed by atoms with Crippen LogP contribution in [0.2, 0.25) is 0 Å². The van der Waals surface area contributed by atoms with Crippen LogP contribution in [0.3, 0.4) is 0 Å². The van der Waals surface area contributed by atoms with E-state index in [-0.39, 0.29) is 19.1 Å². The standard InChI is InChI=1S/C21H25NO5/c1-4-25-12-13-26-20(23)14-27-18-10-8-17(9-11-18)21(24)22-19-7-5-6-15(2)16(19)3/h5-11H,4,12-14H2,1-3H3,(H,22,24). The molecule has 0 radical (unpaired) electrons. The zero-order valence-electron chi connectivity index (χ0n) is 15.9. The summed E-state index contributed by atoms with van der Waals surface area (Å²) >= 11 is 0. The van der Waals surface area contributed by atoms with Crippen molar-refractivity contribution in [3.8, 4) is 5.75 Å². The molecule has 27 heavy (non-hydrogen) atoms. The van der Waals surface area contributed by atoms with Gasteiger partial charge in [0, 0.05) is 17.9 Å². The predicted octanol–water partition coefficient (Wildman–Crippen LogP) is 3.51. The fourth-order valence-corrected chi connectivity index (χ4v) is 2.33. The highest BCUT2D eigenvalue weighted by Crippen LogP contribution is 2.19. The van der Waals surface area contributed by atoms with E-state index in [2.05, 4.69) is 5.32 Å². The van der Waals surface area contributed by atoms with Gasteiger partial charge in [0.15, 0.2) is 6.61 Å². The topological polar surface area (TPSA) is 73.9 Å². The fraction of sp³-hybridized carbons (Fsp3) is 0.333. The minimum Gasteiger partial charge on any atom is -0.482 e. The number of aryl methyl sites for hydroxylation is 1. The molecule has 0 bridgehead atoms. The van der Waals surface area contributed by atoms with E-state index in [0.29, 0.717) is 24.5 Å². The van der Waals surface area contributed by atoms with Crippen LogP contribution in [0.5, 0.6) is 5.75 Å². The molecule has 0 atom stereocenters. The number of anilines is 1. The van der Waals surface area contributed by atoms with E-state index in [1.165, 1.54) is 0 Å². The Kier molecular flexibility index (Phi) is 7.82. The molecule has 2 aromatic carbocycles. The minimum atomic E-state index is -0.466. The Morgan fingerprint density at radius 3 is 2.44 bits per heavy atom. The molecular formula is C21H25NO5. The molecule has 6 nitrogen and oxygen atoms in total. The molecule has 0 aliphatic carbocycles. The van der Waals surface area contributed by atoms with Gasteiger partial charge in [-0.05, 0) is 62.2 Å². The van der Waals surface area contributed by atoms with Gasteiger partial charge in [0.25, 0.3) is 5.91 Å². The molecule has 2 rings (SSSR count). The quantitative estimate of drug-likeness (QED) is 0.539. The Hall–Kier alpha value is -2.86. The summed E-state index contributed by atoms with van der Waals surface area (Å²) in [4.78, 5) is 23.9. The van der Waals surface area contributed by atoms with Crippen molar-refractivity contribution in [2.24, 2.45) is 0 Å². The Morgan fingerprint density at radius 2 is 1.74 bits per heavy atom. The van der Waals surface area contributed by atoms with Gasteiger partial charge in [-0.25, -0.2) is 4.79 Å². The van der Waals surface area contributed by atoms with Crippen molar-refractivity contribution in [3.05, 3.63) is 59.2 Å². The number of esters is 1. The Bertz CT molecular complexity index is 771. The number of nitrogens with one attached hydrogen (secondary N) is 1. The van der Waals surface area contributed by atoms with Crippen molar-refractivity contribution < 1.29 is 23.8 Å². The second-order valence-electron chi connectivity index (χ2n) is 5.93. The maximum Gasteiger partial charge on any atom is 0.344 e. The van der Waals surface area contributed by atoms with Crippen LogP contribution in [0.1, 0.15) is 28.4 Å². The van der Waals surface area contributed by atoms with Crippen molar-refractivity contribution in [2.45, 2.75) is 20.8 Å². The molecule has 1 amide bonds. The fourth-order valence-electron chi connectivity index (χ4n) is 2.33. The Morgan fingerprint density at radius 1 is 1.00 bits per heavy atom. The van der Waals surface area contributed by atoms with Crippen LogP contribution in [0.25, 0.3) is 0 Å². The normalized spacial score (nSPS) is 10.3. The van der Waals surface area contributed by atoms with E-state index in [4.69, 9.17) is 14.2 Å². The molecule has 0 heterocycles. The van der Waals surface area contributed by atoms with Crippen LogP contribution < -0.4 is 10.1 Å². The molecule has 0 aliphatic rings. The van der Waals surface area contributed by atoms with Gasteiger partial charge in [-0.2, -0.15) is 0 Å². The van der Waals surface area contributed by atoms with Crippen LogP contribution >= 0.6 is 0 Å². The van der Waals surface area contributed by atoms with Crippen LogP contribution in [0, 0.1) is 13.8 Å². The molecule has 0 unspecified atom stereocenters. The average Bonchev–Trinajstić information content (AvgIpc) is 2.67. The molecule has 2 aromatic rings. The van der Waals surface area contributed by atoms with E-state index in [1.54, 1.807) is 24.3 Å². The molecule has 0 saturated heterocycles. The first-order valence-corrected chi connectivity index (χ1v) is 8.85. The second kappa shape index (κ2) is 10.3. The molecule has 0 fully saturated rings. The van der Waals surface area contributed by atoms with Gasteiger partial charge in [-0.1, -0.05) is 12.1 Å². The third-order valence-corrected chi connectivity index (χ3v) is 4.02. The summed E-state index contributed by atoms with van der Waals surface area (Å²) < 4.78 is 15.4. The highest BCUT2D eigenvalue weighted by atomic mass is 16.6. The zero-order valence-corrected chi connectivity index (χ0v) is 15.9. The van der Waals surface area contributed by atoms with E-state index in [9.17, 15) is 9.59 Å². The summed E-state index contributed by atoms with van der Waals surface area (Å²) in [6.45, 7) is 6.79. The SMILES string of the molecule is CCOCCOC(=O)COc1ccc(C(=O)Nc2cccc(C)c2C)cc1. The molecule has 0 aliphatic heterocycles. The van der Waals surface area contributed by atoms with Gasteiger partial charge in [-0.15, -0.1) is 0 Å². The number of hydrogen-bond donors (Lipinski definition) is 1. The van der Waals surface area contributed by atoms with E-state index >= 15 is 0 Å². The summed E-state index contributed by atoms with van der Waals surface area (Å²) in [5.41, 5.74) is 3.44. The lowest BCUT2D eigenvalue weighted by Crippen LogP contribution is -2.17. The number of carbonyl (C=O) groups is 2. The third-order valence-electron chi connectivity index (χ3n) is 4.02. The molecule has 1 N–H and O–H groups in total. The first-order chi connectivity index (χ1) is 13.0. The molecule has 0 spiro atoms. The van der Waals surface area contributed by atoms with Crippen molar-refractivity contribution >= 4 is 17.6 Å². The second-order valence-corrected chi connectivity index (χ2v) is 5.93. The van der Waals surface area contributed by atoms with Gasteiger partial charge in [0.2, 0.25) is 0 Å². The maximum atomic E-state index is 12.4. The van der Waals surface area contributed by atoms with Crippen molar-refractivity contribution in [3.63, 3.8) is 0 Å². The van der Waals surface area contributed by atoms with Crippen LogP contribution in [-0.4, -0.2) is 38.3 Å². The summed E-state index contributed by atoms with van der Waals surface area (Å²) in [6.07, 6.45) is 0.